The molecule has 92 valence electrons. The summed E-state index contributed by atoms with van der Waals surface area (Å²) in [5.74, 6) is -1.24. The van der Waals surface area contributed by atoms with Gasteiger partial charge in [-0.15, -0.1) is 0 Å². The highest BCUT2D eigenvalue weighted by atomic mass is 35.5. The molecular weight excluding hydrogens is 277 g/mol. The molecule has 4 nitrogen and oxygen atoms in total. The molecule has 0 saturated heterocycles. The van der Waals surface area contributed by atoms with E-state index in [0.29, 0.717) is 21.2 Å². The van der Waals surface area contributed by atoms with Gasteiger partial charge in [0.2, 0.25) is 5.56 Å². The number of nitrogens with one attached hydrogen (secondary N) is 1. The van der Waals surface area contributed by atoms with E-state index in [-0.39, 0.29) is 5.69 Å². The number of benzene rings is 1. The number of carboxylic acid groups (broad SMARTS) is 1. The fraction of sp³-hybridized carbons (Fsp3) is 0. The first kappa shape index (κ1) is 12.7. The molecule has 0 unspecified atom stereocenters. The van der Waals surface area contributed by atoms with Crippen molar-refractivity contribution in [2.24, 2.45) is 0 Å². The van der Waals surface area contributed by atoms with Crippen LogP contribution in [0.25, 0.3) is 11.1 Å². The third kappa shape index (κ3) is 2.39. The number of aromatic amines is 1. The van der Waals surface area contributed by atoms with Crippen LogP contribution in [0.1, 0.15) is 10.5 Å². The molecule has 1 aromatic heterocycles. The average Bonchev–Trinajstić information content (AvgIpc) is 2.32. The molecule has 0 fully saturated rings. The fourth-order valence-electron chi connectivity index (χ4n) is 1.57. The van der Waals surface area contributed by atoms with Gasteiger partial charge in [0.15, 0.2) is 0 Å². The summed E-state index contributed by atoms with van der Waals surface area (Å²) in [4.78, 5) is 24.5. The maximum Gasteiger partial charge on any atom is 0.353 e. The van der Waals surface area contributed by atoms with Crippen LogP contribution in [0.2, 0.25) is 10.0 Å². The lowest BCUT2D eigenvalue weighted by molar-refractivity contribution is 0.0691. The molecule has 2 aromatic rings. The van der Waals surface area contributed by atoms with Crippen molar-refractivity contribution in [2.75, 3.05) is 0 Å². The summed E-state index contributed by atoms with van der Waals surface area (Å²) in [6.45, 7) is 0. The second-order valence-electron chi connectivity index (χ2n) is 3.54. The molecule has 2 rings (SSSR count). The van der Waals surface area contributed by atoms with Crippen LogP contribution in [-0.2, 0) is 0 Å². The van der Waals surface area contributed by atoms with E-state index in [4.69, 9.17) is 28.3 Å². The van der Waals surface area contributed by atoms with E-state index in [1.807, 2.05) is 0 Å². The highest BCUT2D eigenvalue weighted by Crippen LogP contribution is 2.31. The molecule has 0 atom stereocenters. The van der Waals surface area contributed by atoms with Crippen LogP contribution in [-0.4, -0.2) is 16.1 Å². The van der Waals surface area contributed by atoms with Crippen LogP contribution < -0.4 is 5.56 Å². The number of hydrogen-bond acceptors (Lipinski definition) is 2. The lowest BCUT2D eigenvalue weighted by atomic mass is 10.0. The molecule has 6 heteroatoms. The van der Waals surface area contributed by atoms with Crippen molar-refractivity contribution in [3.63, 3.8) is 0 Å². The summed E-state index contributed by atoms with van der Waals surface area (Å²) in [7, 11) is 0. The number of carbonyl (C=O) groups is 1. The molecule has 0 bridgehead atoms. The summed E-state index contributed by atoms with van der Waals surface area (Å²) < 4.78 is 0. The molecule has 0 aliphatic heterocycles. The van der Waals surface area contributed by atoms with Gasteiger partial charge in [-0.2, -0.15) is 0 Å². The monoisotopic (exact) mass is 283 g/mol. The minimum absolute atomic E-state index is 0.216. The molecule has 18 heavy (non-hydrogen) atoms. The number of aromatic nitrogens is 1. The minimum Gasteiger partial charge on any atom is -0.477 e. The Hall–Kier alpha value is -1.78. The highest BCUT2D eigenvalue weighted by Gasteiger charge is 2.15. The van der Waals surface area contributed by atoms with Crippen molar-refractivity contribution in [3.8, 4) is 11.1 Å². The van der Waals surface area contributed by atoms with Crippen LogP contribution in [0.5, 0.6) is 0 Å². The van der Waals surface area contributed by atoms with E-state index in [0.717, 1.165) is 0 Å². The number of H-pyrrole nitrogens is 1. The van der Waals surface area contributed by atoms with Crippen molar-refractivity contribution in [1.29, 1.82) is 0 Å². The normalized spacial score (nSPS) is 10.3. The number of carboxylic acids is 1. The van der Waals surface area contributed by atoms with E-state index in [1.165, 1.54) is 12.1 Å². The smallest absolute Gasteiger partial charge is 0.353 e. The van der Waals surface area contributed by atoms with Crippen molar-refractivity contribution in [2.45, 2.75) is 0 Å². The van der Waals surface area contributed by atoms with E-state index < -0.39 is 11.5 Å². The molecule has 0 amide bonds. The maximum absolute atomic E-state index is 11.2. The highest BCUT2D eigenvalue weighted by molar-refractivity contribution is 6.35. The van der Waals surface area contributed by atoms with Gasteiger partial charge in [0.25, 0.3) is 0 Å². The lowest BCUT2D eigenvalue weighted by Gasteiger charge is -2.08. The van der Waals surface area contributed by atoms with Gasteiger partial charge in [0, 0.05) is 27.2 Å². The fourth-order valence-corrected chi connectivity index (χ4v) is 1.96. The Morgan fingerprint density at radius 1 is 1.11 bits per heavy atom. The zero-order valence-electron chi connectivity index (χ0n) is 8.91. The second kappa shape index (κ2) is 4.84. The lowest BCUT2D eigenvalue weighted by Crippen LogP contribution is -2.13. The van der Waals surface area contributed by atoms with E-state index in [1.54, 1.807) is 18.2 Å². The summed E-state index contributed by atoms with van der Waals surface area (Å²) in [6.07, 6.45) is 0. The van der Waals surface area contributed by atoms with Crippen LogP contribution in [0.15, 0.2) is 35.1 Å². The topological polar surface area (TPSA) is 70.2 Å². The van der Waals surface area contributed by atoms with Crippen LogP contribution in [0, 0.1) is 0 Å². The molecule has 1 heterocycles. The Bertz CT molecular complexity index is 679. The number of hydrogen-bond donors (Lipinski definition) is 2. The summed E-state index contributed by atoms with van der Waals surface area (Å²) in [5, 5.41) is 9.85. The molecule has 0 aliphatic rings. The predicted octanol–water partition coefficient (Wildman–Crippen LogP) is 3.05. The molecule has 0 spiro atoms. The Balaban J connectivity index is 2.74. The van der Waals surface area contributed by atoms with Gasteiger partial charge in [-0.3, -0.25) is 4.79 Å². The maximum atomic E-state index is 11.2. The molecule has 1 aromatic carbocycles. The predicted molar refractivity (Wildman–Crippen MR) is 69.5 cm³/mol. The molecule has 0 saturated carbocycles. The summed E-state index contributed by atoms with van der Waals surface area (Å²) in [5.41, 5.74) is 0.0633. The first-order valence-corrected chi connectivity index (χ1v) is 5.66. The van der Waals surface area contributed by atoms with Gasteiger partial charge < -0.3 is 10.1 Å². The van der Waals surface area contributed by atoms with Gasteiger partial charge in [-0.05, 0) is 24.3 Å². The van der Waals surface area contributed by atoms with Crippen LogP contribution >= 0.6 is 23.2 Å². The van der Waals surface area contributed by atoms with E-state index in [9.17, 15) is 9.59 Å². The third-order valence-corrected chi connectivity index (χ3v) is 2.92. The number of aromatic carboxylic acids is 1. The molecule has 0 radical (unpaired) electrons. The Kier molecular flexibility index (Phi) is 3.41. The van der Waals surface area contributed by atoms with Crippen molar-refractivity contribution < 1.29 is 9.90 Å². The van der Waals surface area contributed by atoms with Gasteiger partial charge in [-0.25, -0.2) is 4.79 Å². The standard InChI is InChI=1S/C12H7Cl2NO3/c13-6-1-3-9(14)8(5-6)7-2-4-10(16)15-11(7)12(17)18/h1-5H,(H,15,16)(H,17,18). The van der Waals surface area contributed by atoms with E-state index in [2.05, 4.69) is 4.98 Å². The zero-order valence-corrected chi connectivity index (χ0v) is 10.4. The molecule has 2 N–H and O–H groups in total. The Morgan fingerprint density at radius 3 is 2.50 bits per heavy atom. The second-order valence-corrected chi connectivity index (χ2v) is 4.38. The van der Waals surface area contributed by atoms with Crippen molar-refractivity contribution >= 4 is 29.2 Å². The van der Waals surface area contributed by atoms with Crippen LogP contribution in [0.4, 0.5) is 0 Å². The Morgan fingerprint density at radius 2 is 1.83 bits per heavy atom. The van der Waals surface area contributed by atoms with E-state index >= 15 is 0 Å². The summed E-state index contributed by atoms with van der Waals surface area (Å²) >= 11 is 11.9. The van der Waals surface area contributed by atoms with Crippen molar-refractivity contribution in [1.82, 2.24) is 4.98 Å². The van der Waals surface area contributed by atoms with Gasteiger partial charge in [0.05, 0.1) is 0 Å². The third-order valence-electron chi connectivity index (χ3n) is 2.35. The number of rotatable bonds is 2. The molecular formula is C12H7Cl2NO3. The van der Waals surface area contributed by atoms with Crippen molar-refractivity contribution in [3.05, 3.63) is 56.4 Å². The van der Waals surface area contributed by atoms with Gasteiger partial charge >= 0.3 is 5.97 Å². The largest absolute Gasteiger partial charge is 0.477 e. The molecule has 0 aliphatic carbocycles. The first-order valence-electron chi connectivity index (χ1n) is 4.91. The zero-order chi connectivity index (χ0) is 13.3. The van der Waals surface area contributed by atoms with Gasteiger partial charge in [-0.1, -0.05) is 23.2 Å². The number of pyridine rings is 1. The minimum atomic E-state index is -1.24. The Labute approximate surface area is 112 Å². The quantitative estimate of drug-likeness (QED) is 0.890. The number of halogens is 2. The van der Waals surface area contributed by atoms with Gasteiger partial charge in [0.1, 0.15) is 5.69 Å². The van der Waals surface area contributed by atoms with Crippen LogP contribution in [0.3, 0.4) is 0 Å². The first-order chi connectivity index (χ1) is 8.49. The summed E-state index contributed by atoms with van der Waals surface area (Å²) in [6, 6.07) is 7.35. The average molecular weight is 284 g/mol. The SMILES string of the molecule is O=C(O)c1[nH]c(=O)ccc1-c1cc(Cl)ccc1Cl.